The van der Waals surface area contributed by atoms with Crippen molar-refractivity contribution in [3.8, 4) is 0 Å². The van der Waals surface area contributed by atoms with E-state index < -0.39 is 11.5 Å². The second-order valence-electron chi connectivity index (χ2n) is 3.75. The highest BCUT2D eigenvalue weighted by atomic mass is 79.9. The first-order valence-electron chi connectivity index (χ1n) is 5.18. The SMILES string of the molecule is CCN(C=O)C(C)(C(=O)O)c1ccccc1Br. The van der Waals surface area contributed by atoms with Crippen molar-refractivity contribution in [2.45, 2.75) is 19.4 Å². The predicted molar refractivity (Wildman–Crippen MR) is 67.6 cm³/mol. The fourth-order valence-electron chi connectivity index (χ4n) is 1.74. The summed E-state index contributed by atoms with van der Waals surface area (Å²) in [6.45, 7) is 3.59. The van der Waals surface area contributed by atoms with E-state index in [-0.39, 0.29) is 0 Å². The van der Waals surface area contributed by atoms with Crippen LogP contribution in [0.25, 0.3) is 0 Å². The van der Waals surface area contributed by atoms with Gasteiger partial charge < -0.3 is 10.0 Å². The highest BCUT2D eigenvalue weighted by Crippen LogP contribution is 2.33. The van der Waals surface area contributed by atoms with Crippen molar-refractivity contribution in [2.75, 3.05) is 6.54 Å². The number of carbonyl (C=O) groups is 2. The van der Waals surface area contributed by atoms with Crippen molar-refractivity contribution in [3.05, 3.63) is 34.3 Å². The molecule has 0 heterocycles. The molecule has 0 aromatic heterocycles. The highest BCUT2D eigenvalue weighted by molar-refractivity contribution is 9.10. The van der Waals surface area contributed by atoms with E-state index in [1.165, 1.54) is 11.8 Å². The van der Waals surface area contributed by atoms with Gasteiger partial charge in [-0.2, -0.15) is 0 Å². The first kappa shape index (κ1) is 13.7. The molecule has 1 N–H and O–H groups in total. The molecule has 5 heteroatoms. The number of benzene rings is 1. The smallest absolute Gasteiger partial charge is 0.334 e. The Morgan fingerprint density at radius 2 is 2.12 bits per heavy atom. The lowest BCUT2D eigenvalue weighted by atomic mass is 9.90. The lowest BCUT2D eigenvalue weighted by Crippen LogP contribution is -2.49. The van der Waals surface area contributed by atoms with Crippen molar-refractivity contribution < 1.29 is 14.7 Å². The third-order valence-corrected chi connectivity index (χ3v) is 3.55. The summed E-state index contributed by atoms with van der Waals surface area (Å²) in [5, 5.41) is 9.42. The Morgan fingerprint density at radius 3 is 2.53 bits per heavy atom. The van der Waals surface area contributed by atoms with Gasteiger partial charge in [0.05, 0.1) is 0 Å². The molecule has 0 aliphatic heterocycles. The Kier molecular flexibility index (Phi) is 4.28. The van der Waals surface area contributed by atoms with Gasteiger partial charge in [-0.25, -0.2) is 4.79 Å². The Labute approximate surface area is 108 Å². The molecule has 1 unspecified atom stereocenters. The molecule has 1 aromatic carbocycles. The van der Waals surface area contributed by atoms with Crippen LogP contribution in [0.4, 0.5) is 0 Å². The molecule has 0 spiro atoms. The number of carboxylic acids is 1. The highest BCUT2D eigenvalue weighted by Gasteiger charge is 2.41. The first-order valence-corrected chi connectivity index (χ1v) is 5.98. The van der Waals surface area contributed by atoms with E-state index in [0.717, 1.165) is 0 Å². The second kappa shape index (κ2) is 5.31. The maximum atomic E-state index is 11.5. The summed E-state index contributed by atoms with van der Waals surface area (Å²) in [5.74, 6) is -1.06. The topological polar surface area (TPSA) is 57.6 Å². The Hall–Kier alpha value is -1.36. The molecule has 0 bridgehead atoms. The zero-order valence-electron chi connectivity index (χ0n) is 9.68. The van der Waals surface area contributed by atoms with Gasteiger partial charge in [-0.05, 0) is 19.9 Å². The predicted octanol–water partition coefficient (Wildman–Crippen LogP) is 2.23. The zero-order valence-corrected chi connectivity index (χ0v) is 11.3. The summed E-state index contributed by atoms with van der Waals surface area (Å²) >= 11 is 3.32. The lowest BCUT2D eigenvalue weighted by molar-refractivity contribution is -0.154. The summed E-state index contributed by atoms with van der Waals surface area (Å²) in [5.41, 5.74) is -0.808. The summed E-state index contributed by atoms with van der Waals surface area (Å²) < 4.78 is 0.671. The monoisotopic (exact) mass is 299 g/mol. The number of aliphatic carboxylic acids is 1. The second-order valence-corrected chi connectivity index (χ2v) is 4.60. The maximum Gasteiger partial charge on any atom is 0.334 e. The minimum atomic E-state index is -1.36. The van der Waals surface area contributed by atoms with E-state index in [0.29, 0.717) is 23.0 Å². The molecule has 17 heavy (non-hydrogen) atoms. The van der Waals surface area contributed by atoms with Crippen LogP contribution in [-0.4, -0.2) is 28.9 Å². The minimum absolute atomic E-state index is 0.327. The number of carboxylic acid groups (broad SMARTS) is 1. The minimum Gasteiger partial charge on any atom is -0.479 e. The van der Waals surface area contributed by atoms with Crippen molar-refractivity contribution >= 4 is 28.3 Å². The van der Waals surface area contributed by atoms with Crippen molar-refractivity contribution in [2.24, 2.45) is 0 Å². The summed E-state index contributed by atoms with van der Waals surface area (Å²) in [6.07, 6.45) is 0.563. The number of hydrogen-bond donors (Lipinski definition) is 1. The molecular formula is C12H14BrNO3. The molecule has 0 aliphatic rings. The van der Waals surface area contributed by atoms with Crippen LogP contribution in [0.3, 0.4) is 0 Å². The van der Waals surface area contributed by atoms with Gasteiger partial charge in [-0.3, -0.25) is 4.79 Å². The third kappa shape index (κ3) is 2.34. The van der Waals surface area contributed by atoms with Gasteiger partial charge in [-0.15, -0.1) is 0 Å². The van der Waals surface area contributed by atoms with Gasteiger partial charge in [0.25, 0.3) is 0 Å². The van der Waals surface area contributed by atoms with Crippen LogP contribution in [0.5, 0.6) is 0 Å². The van der Waals surface area contributed by atoms with Crippen LogP contribution in [0.2, 0.25) is 0 Å². The Bertz CT molecular complexity index is 436. The molecular weight excluding hydrogens is 286 g/mol. The molecule has 0 radical (unpaired) electrons. The van der Waals surface area contributed by atoms with Gasteiger partial charge >= 0.3 is 5.97 Å². The lowest BCUT2D eigenvalue weighted by Gasteiger charge is -2.35. The van der Waals surface area contributed by atoms with Crippen molar-refractivity contribution in [1.29, 1.82) is 0 Å². The van der Waals surface area contributed by atoms with Crippen LogP contribution in [0.1, 0.15) is 19.4 Å². The van der Waals surface area contributed by atoms with Gasteiger partial charge in [0.1, 0.15) is 0 Å². The van der Waals surface area contributed by atoms with E-state index in [1.54, 1.807) is 31.2 Å². The average Bonchev–Trinajstić information content (AvgIpc) is 2.30. The van der Waals surface area contributed by atoms with Crippen LogP contribution in [0.15, 0.2) is 28.7 Å². The largest absolute Gasteiger partial charge is 0.479 e. The quantitative estimate of drug-likeness (QED) is 0.848. The molecule has 0 fully saturated rings. The van der Waals surface area contributed by atoms with E-state index in [2.05, 4.69) is 15.9 Å². The maximum absolute atomic E-state index is 11.5. The standard InChI is InChI=1S/C12H14BrNO3/c1-3-14(8-15)12(2,11(16)17)9-6-4-5-7-10(9)13/h4-8H,3H2,1-2H3,(H,16,17). The number of carbonyl (C=O) groups excluding carboxylic acids is 1. The van der Waals surface area contributed by atoms with E-state index in [1.807, 2.05) is 0 Å². The Balaban J connectivity index is 3.40. The number of hydrogen-bond acceptors (Lipinski definition) is 2. The summed E-state index contributed by atoms with van der Waals surface area (Å²) in [4.78, 5) is 23.8. The van der Waals surface area contributed by atoms with E-state index in [9.17, 15) is 14.7 Å². The average molecular weight is 300 g/mol. The molecule has 0 saturated carbocycles. The molecule has 1 atom stereocenters. The third-order valence-electron chi connectivity index (χ3n) is 2.86. The zero-order chi connectivity index (χ0) is 13.1. The molecule has 92 valence electrons. The fraction of sp³-hybridized carbons (Fsp3) is 0.333. The van der Waals surface area contributed by atoms with Gasteiger partial charge in [0.15, 0.2) is 5.54 Å². The van der Waals surface area contributed by atoms with Crippen LogP contribution >= 0.6 is 15.9 Å². The summed E-state index contributed by atoms with van der Waals surface area (Å²) in [6, 6.07) is 7.01. The van der Waals surface area contributed by atoms with Gasteiger partial charge in [0, 0.05) is 16.6 Å². The van der Waals surface area contributed by atoms with Gasteiger partial charge in [0.2, 0.25) is 6.41 Å². The molecule has 4 nitrogen and oxygen atoms in total. The normalized spacial score (nSPS) is 13.8. The van der Waals surface area contributed by atoms with Crippen LogP contribution < -0.4 is 0 Å². The fourth-order valence-corrected chi connectivity index (χ4v) is 2.42. The molecule has 1 amide bonds. The number of amides is 1. The first-order chi connectivity index (χ1) is 7.98. The number of nitrogens with zero attached hydrogens (tertiary/aromatic N) is 1. The van der Waals surface area contributed by atoms with Crippen molar-refractivity contribution in [3.63, 3.8) is 0 Å². The number of halogens is 1. The van der Waals surface area contributed by atoms with Crippen molar-refractivity contribution in [1.82, 2.24) is 4.90 Å². The van der Waals surface area contributed by atoms with Crippen LogP contribution in [-0.2, 0) is 15.1 Å². The van der Waals surface area contributed by atoms with E-state index in [4.69, 9.17) is 0 Å². The Morgan fingerprint density at radius 1 is 1.53 bits per heavy atom. The van der Waals surface area contributed by atoms with Crippen LogP contribution in [0, 0.1) is 0 Å². The summed E-state index contributed by atoms with van der Waals surface area (Å²) in [7, 11) is 0. The number of likely N-dealkylation sites (N-methyl/N-ethyl adjacent to an activating group) is 1. The molecule has 1 aromatic rings. The molecule has 0 saturated heterocycles. The molecule has 0 aliphatic carbocycles. The van der Waals surface area contributed by atoms with E-state index >= 15 is 0 Å². The number of rotatable bonds is 5. The van der Waals surface area contributed by atoms with Gasteiger partial charge in [-0.1, -0.05) is 34.1 Å². The molecule has 1 rings (SSSR count).